The van der Waals surface area contributed by atoms with Crippen LogP contribution < -0.4 is 9.64 Å². The molecule has 1 atom stereocenters. The van der Waals surface area contributed by atoms with Gasteiger partial charge in [-0.25, -0.2) is 4.98 Å². The number of hydrogen-bond acceptors (Lipinski definition) is 6. The highest BCUT2D eigenvalue weighted by Crippen LogP contribution is 2.16. The lowest BCUT2D eigenvalue weighted by molar-refractivity contribution is 0.00333. The molecule has 2 rings (SSSR count). The highest BCUT2D eigenvalue weighted by molar-refractivity contribution is 5.38. The number of aliphatic hydroxyl groups is 1. The lowest BCUT2D eigenvalue weighted by Gasteiger charge is -2.32. The molecule has 0 aliphatic carbocycles. The van der Waals surface area contributed by atoms with Crippen LogP contribution in [0.15, 0.2) is 12.3 Å². The summed E-state index contributed by atoms with van der Waals surface area (Å²) in [6.45, 7) is 2.02. The van der Waals surface area contributed by atoms with Crippen molar-refractivity contribution in [3.63, 3.8) is 0 Å². The summed E-state index contributed by atoms with van der Waals surface area (Å²) in [6, 6.07) is 2.17. The Morgan fingerprint density at radius 1 is 1.69 bits per heavy atom. The topological polar surface area (TPSA) is 67.7 Å². The fourth-order valence-corrected chi connectivity index (χ4v) is 1.64. The largest absolute Gasteiger partial charge is 0.467 e. The Morgan fingerprint density at radius 3 is 3.31 bits per heavy atom. The lowest BCUT2D eigenvalue weighted by Crippen LogP contribution is -2.44. The van der Waals surface area contributed by atoms with Gasteiger partial charge >= 0.3 is 6.01 Å². The molecule has 0 radical (unpaired) electrons. The predicted molar refractivity (Wildman–Crippen MR) is 57.6 cm³/mol. The summed E-state index contributed by atoms with van der Waals surface area (Å²) >= 11 is 0. The van der Waals surface area contributed by atoms with Gasteiger partial charge in [0.2, 0.25) is 0 Å². The van der Waals surface area contributed by atoms with Gasteiger partial charge in [0.05, 0.1) is 26.4 Å². The van der Waals surface area contributed by atoms with E-state index in [0.29, 0.717) is 19.2 Å². The minimum absolute atomic E-state index is 0.0265. The van der Waals surface area contributed by atoms with E-state index in [-0.39, 0.29) is 12.7 Å². The van der Waals surface area contributed by atoms with E-state index in [9.17, 15) is 0 Å². The number of morpholine rings is 1. The van der Waals surface area contributed by atoms with E-state index in [1.165, 1.54) is 7.11 Å². The summed E-state index contributed by atoms with van der Waals surface area (Å²) in [5.41, 5.74) is 0. The molecule has 0 spiro atoms. The second kappa shape index (κ2) is 5.09. The first-order valence-corrected chi connectivity index (χ1v) is 5.18. The maximum atomic E-state index is 9.05. The maximum absolute atomic E-state index is 9.05. The predicted octanol–water partition coefficient (Wildman–Crippen LogP) is -0.317. The van der Waals surface area contributed by atoms with Crippen LogP contribution in [-0.4, -0.2) is 54.6 Å². The van der Waals surface area contributed by atoms with Crippen molar-refractivity contribution in [2.45, 2.75) is 6.10 Å². The van der Waals surface area contributed by atoms with Crippen molar-refractivity contribution in [3.05, 3.63) is 12.3 Å². The van der Waals surface area contributed by atoms with E-state index in [0.717, 1.165) is 12.4 Å². The van der Waals surface area contributed by atoms with E-state index < -0.39 is 0 Å². The van der Waals surface area contributed by atoms with Crippen molar-refractivity contribution < 1.29 is 14.6 Å². The number of methoxy groups -OCH3 is 1. The Hall–Kier alpha value is -1.40. The summed E-state index contributed by atoms with van der Waals surface area (Å²) in [4.78, 5) is 10.2. The Balaban J connectivity index is 2.10. The fourth-order valence-electron chi connectivity index (χ4n) is 1.64. The molecule has 88 valence electrons. The van der Waals surface area contributed by atoms with Crippen LogP contribution in [0.4, 0.5) is 5.82 Å². The molecule has 0 amide bonds. The normalized spacial score (nSPS) is 20.9. The minimum atomic E-state index is -0.144. The SMILES string of the molecule is COc1nccc(N2CCO[C@H](CO)C2)n1. The minimum Gasteiger partial charge on any atom is -0.467 e. The second-order valence-electron chi connectivity index (χ2n) is 3.52. The quantitative estimate of drug-likeness (QED) is 0.760. The van der Waals surface area contributed by atoms with Gasteiger partial charge in [0, 0.05) is 19.3 Å². The number of rotatable bonds is 3. The van der Waals surface area contributed by atoms with Crippen LogP contribution in [0.2, 0.25) is 0 Å². The molecule has 1 aliphatic rings. The summed E-state index contributed by atoms with van der Waals surface area (Å²) in [7, 11) is 1.54. The van der Waals surface area contributed by atoms with Crippen LogP contribution in [-0.2, 0) is 4.74 Å². The lowest BCUT2D eigenvalue weighted by atomic mass is 10.3. The number of nitrogens with zero attached hydrogens (tertiary/aromatic N) is 3. The average molecular weight is 225 g/mol. The number of aromatic nitrogens is 2. The van der Waals surface area contributed by atoms with E-state index in [1.54, 1.807) is 6.20 Å². The second-order valence-corrected chi connectivity index (χ2v) is 3.52. The van der Waals surface area contributed by atoms with Crippen molar-refractivity contribution in [1.29, 1.82) is 0 Å². The van der Waals surface area contributed by atoms with Crippen LogP contribution in [0.25, 0.3) is 0 Å². The first kappa shape index (κ1) is 11.1. The van der Waals surface area contributed by atoms with E-state index in [1.807, 2.05) is 6.07 Å². The Labute approximate surface area is 93.8 Å². The molecule has 0 bridgehead atoms. The van der Waals surface area contributed by atoms with Gasteiger partial charge in [-0.2, -0.15) is 4.98 Å². The molecule has 6 nitrogen and oxygen atoms in total. The van der Waals surface area contributed by atoms with Gasteiger partial charge in [-0.15, -0.1) is 0 Å². The molecular weight excluding hydrogens is 210 g/mol. The highest BCUT2D eigenvalue weighted by atomic mass is 16.5. The highest BCUT2D eigenvalue weighted by Gasteiger charge is 2.21. The molecule has 1 aliphatic heterocycles. The van der Waals surface area contributed by atoms with Crippen molar-refractivity contribution in [1.82, 2.24) is 9.97 Å². The van der Waals surface area contributed by atoms with Gasteiger partial charge < -0.3 is 19.5 Å². The van der Waals surface area contributed by atoms with Crippen LogP contribution in [0.5, 0.6) is 6.01 Å². The van der Waals surface area contributed by atoms with Crippen molar-refractivity contribution >= 4 is 5.82 Å². The number of anilines is 1. The number of hydrogen-bond donors (Lipinski definition) is 1. The molecule has 0 unspecified atom stereocenters. The zero-order valence-electron chi connectivity index (χ0n) is 9.17. The van der Waals surface area contributed by atoms with Gasteiger partial charge in [0.25, 0.3) is 0 Å². The summed E-state index contributed by atoms with van der Waals surface area (Å²) < 4.78 is 10.3. The van der Waals surface area contributed by atoms with Crippen molar-refractivity contribution in [2.24, 2.45) is 0 Å². The molecular formula is C10H15N3O3. The third kappa shape index (κ3) is 2.40. The average Bonchev–Trinajstić information content (AvgIpc) is 2.39. The zero-order chi connectivity index (χ0) is 11.4. The van der Waals surface area contributed by atoms with Crippen molar-refractivity contribution in [3.8, 4) is 6.01 Å². The van der Waals surface area contributed by atoms with Gasteiger partial charge in [-0.05, 0) is 6.07 Å². The smallest absolute Gasteiger partial charge is 0.318 e. The monoisotopic (exact) mass is 225 g/mol. The third-order valence-electron chi connectivity index (χ3n) is 2.47. The van der Waals surface area contributed by atoms with E-state index >= 15 is 0 Å². The van der Waals surface area contributed by atoms with Gasteiger partial charge in [0.15, 0.2) is 0 Å². The Morgan fingerprint density at radius 2 is 2.56 bits per heavy atom. The number of aliphatic hydroxyl groups excluding tert-OH is 1. The molecule has 1 aromatic heterocycles. The van der Waals surface area contributed by atoms with Crippen LogP contribution in [0.1, 0.15) is 0 Å². The van der Waals surface area contributed by atoms with Crippen LogP contribution in [0, 0.1) is 0 Å². The van der Waals surface area contributed by atoms with E-state index in [4.69, 9.17) is 14.6 Å². The molecule has 0 aromatic carbocycles. The van der Waals surface area contributed by atoms with Crippen molar-refractivity contribution in [2.75, 3.05) is 38.3 Å². The zero-order valence-corrected chi connectivity index (χ0v) is 9.17. The molecule has 1 fully saturated rings. The Bertz CT molecular complexity index is 348. The van der Waals surface area contributed by atoms with Crippen LogP contribution in [0.3, 0.4) is 0 Å². The van der Waals surface area contributed by atoms with Gasteiger partial charge in [-0.1, -0.05) is 0 Å². The summed E-state index contributed by atoms with van der Waals surface area (Å²) in [5, 5.41) is 9.05. The number of ether oxygens (including phenoxy) is 2. The third-order valence-corrected chi connectivity index (χ3v) is 2.47. The van der Waals surface area contributed by atoms with Gasteiger partial charge in [0.1, 0.15) is 5.82 Å². The summed E-state index contributed by atoms with van der Waals surface area (Å²) in [6.07, 6.45) is 1.51. The molecule has 1 saturated heterocycles. The molecule has 1 aromatic rings. The first-order chi connectivity index (χ1) is 7.83. The van der Waals surface area contributed by atoms with E-state index in [2.05, 4.69) is 14.9 Å². The standard InChI is InChI=1S/C10H15N3O3/c1-15-10-11-3-2-9(12-10)13-4-5-16-8(6-13)7-14/h2-3,8,14H,4-7H2,1H3/t8-/m0/s1. The fraction of sp³-hybridized carbons (Fsp3) is 0.600. The van der Waals surface area contributed by atoms with Crippen LogP contribution >= 0.6 is 0 Å². The first-order valence-electron chi connectivity index (χ1n) is 5.18. The molecule has 2 heterocycles. The summed E-state index contributed by atoms with van der Waals surface area (Å²) in [5.74, 6) is 0.800. The van der Waals surface area contributed by atoms with Gasteiger partial charge in [-0.3, -0.25) is 0 Å². The Kier molecular flexibility index (Phi) is 3.53. The maximum Gasteiger partial charge on any atom is 0.318 e. The molecule has 0 saturated carbocycles. The molecule has 1 N–H and O–H groups in total. The molecule has 6 heteroatoms. The molecule has 16 heavy (non-hydrogen) atoms.